The van der Waals surface area contributed by atoms with E-state index < -0.39 is 11.7 Å². The Bertz CT molecular complexity index is 650. The van der Waals surface area contributed by atoms with E-state index in [1.54, 1.807) is 0 Å². The van der Waals surface area contributed by atoms with Gasteiger partial charge in [0.05, 0.1) is 12.6 Å². The summed E-state index contributed by atoms with van der Waals surface area (Å²) in [7, 11) is 0. The van der Waals surface area contributed by atoms with Crippen LogP contribution in [0.5, 0.6) is 0 Å². The zero-order valence-electron chi connectivity index (χ0n) is 15.2. The topological polar surface area (TPSA) is 49.8 Å². The van der Waals surface area contributed by atoms with Crippen LogP contribution < -0.4 is 0 Å². The molecule has 25 heavy (non-hydrogen) atoms. The van der Waals surface area contributed by atoms with Crippen LogP contribution in [0.1, 0.15) is 38.0 Å². The van der Waals surface area contributed by atoms with Crippen molar-refractivity contribution in [2.45, 2.75) is 39.0 Å². The maximum Gasteiger partial charge on any atom is 0.320 e. The van der Waals surface area contributed by atoms with Crippen molar-refractivity contribution in [3.05, 3.63) is 71.8 Å². The summed E-state index contributed by atoms with van der Waals surface area (Å²) in [6, 6.07) is 19.4. The fraction of sp³-hybridized carbons (Fsp3) is 0.381. The third-order valence-corrected chi connectivity index (χ3v) is 3.64. The standard InChI is InChI=1S/C21H27NO3/c1-21(2,3)25-20(24)16-22(14-17-10-6-4-7-11-17)15-19(23)18-12-8-5-9-13-18/h4-13,19,23H,14-16H2,1-3H3. The number of ether oxygens (including phenoxy) is 1. The summed E-state index contributed by atoms with van der Waals surface area (Å²) < 4.78 is 5.43. The number of rotatable bonds is 7. The van der Waals surface area contributed by atoms with Gasteiger partial charge in [-0.2, -0.15) is 0 Å². The highest BCUT2D eigenvalue weighted by atomic mass is 16.6. The first kappa shape index (κ1) is 19.2. The van der Waals surface area contributed by atoms with Crippen LogP contribution in [0.4, 0.5) is 0 Å². The lowest BCUT2D eigenvalue weighted by atomic mass is 10.1. The monoisotopic (exact) mass is 341 g/mol. The third-order valence-electron chi connectivity index (χ3n) is 3.64. The van der Waals surface area contributed by atoms with Gasteiger partial charge in [0, 0.05) is 13.1 Å². The van der Waals surface area contributed by atoms with Gasteiger partial charge in [-0.15, -0.1) is 0 Å². The summed E-state index contributed by atoms with van der Waals surface area (Å²) in [5.74, 6) is -0.288. The van der Waals surface area contributed by atoms with Gasteiger partial charge >= 0.3 is 5.97 Å². The lowest BCUT2D eigenvalue weighted by Crippen LogP contribution is -2.36. The Morgan fingerprint density at radius 1 is 1.04 bits per heavy atom. The Kier molecular flexibility index (Phi) is 6.73. The molecule has 0 aliphatic heterocycles. The first-order chi connectivity index (χ1) is 11.8. The number of carbonyl (C=O) groups excluding carboxylic acids is 1. The summed E-state index contributed by atoms with van der Waals surface area (Å²) in [6.07, 6.45) is -0.660. The van der Waals surface area contributed by atoms with Gasteiger partial charge in [0.2, 0.25) is 0 Å². The largest absolute Gasteiger partial charge is 0.459 e. The molecule has 0 heterocycles. The van der Waals surface area contributed by atoms with Gasteiger partial charge < -0.3 is 9.84 Å². The Hall–Kier alpha value is -2.17. The molecular formula is C21H27NO3. The van der Waals surface area contributed by atoms with Crippen LogP contribution >= 0.6 is 0 Å². The van der Waals surface area contributed by atoms with Crippen LogP contribution in [0.15, 0.2) is 60.7 Å². The van der Waals surface area contributed by atoms with Gasteiger partial charge in [-0.3, -0.25) is 9.69 Å². The summed E-state index contributed by atoms with van der Waals surface area (Å²) >= 11 is 0. The number of benzene rings is 2. The van der Waals surface area contributed by atoms with Gasteiger partial charge in [0.25, 0.3) is 0 Å². The van der Waals surface area contributed by atoms with E-state index in [1.807, 2.05) is 86.3 Å². The van der Waals surface area contributed by atoms with Crippen molar-refractivity contribution < 1.29 is 14.6 Å². The normalized spacial score (nSPS) is 12.8. The predicted octanol–water partition coefficient (Wildman–Crippen LogP) is 3.56. The van der Waals surface area contributed by atoms with Gasteiger partial charge in [-0.05, 0) is 31.9 Å². The highest BCUT2D eigenvalue weighted by molar-refractivity contribution is 5.72. The van der Waals surface area contributed by atoms with Gasteiger partial charge in [-0.25, -0.2) is 0 Å². The quantitative estimate of drug-likeness (QED) is 0.782. The molecule has 134 valence electrons. The van der Waals surface area contributed by atoms with E-state index in [0.717, 1.165) is 11.1 Å². The van der Waals surface area contributed by atoms with E-state index in [1.165, 1.54) is 0 Å². The van der Waals surface area contributed by atoms with E-state index in [0.29, 0.717) is 13.1 Å². The molecule has 0 aliphatic rings. The SMILES string of the molecule is CC(C)(C)OC(=O)CN(Cc1ccccc1)CC(O)c1ccccc1. The van der Waals surface area contributed by atoms with E-state index in [9.17, 15) is 9.90 Å². The van der Waals surface area contributed by atoms with Crippen molar-refractivity contribution in [3.63, 3.8) is 0 Å². The Balaban J connectivity index is 2.07. The number of aliphatic hydroxyl groups is 1. The molecule has 0 aliphatic carbocycles. The Labute approximate surface area is 150 Å². The molecule has 4 heteroatoms. The molecule has 0 amide bonds. The Morgan fingerprint density at radius 2 is 1.60 bits per heavy atom. The van der Waals surface area contributed by atoms with Gasteiger partial charge in [0.1, 0.15) is 5.60 Å². The lowest BCUT2D eigenvalue weighted by Gasteiger charge is -2.27. The number of carbonyl (C=O) groups is 1. The highest BCUT2D eigenvalue weighted by Gasteiger charge is 2.21. The maximum absolute atomic E-state index is 12.2. The first-order valence-corrected chi connectivity index (χ1v) is 8.54. The molecule has 0 saturated heterocycles. The van der Waals surface area contributed by atoms with E-state index in [-0.39, 0.29) is 12.5 Å². The van der Waals surface area contributed by atoms with Crippen molar-refractivity contribution in [1.29, 1.82) is 0 Å². The number of aliphatic hydroxyl groups excluding tert-OH is 1. The summed E-state index contributed by atoms with van der Waals surface area (Å²) in [6.45, 7) is 6.62. The second-order valence-corrected chi connectivity index (χ2v) is 7.17. The zero-order chi connectivity index (χ0) is 18.3. The highest BCUT2D eigenvalue weighted by Crippen LogP contribution is 2.16. The second-order valence-electron chi connectivity index (χ2n) is 7.17. The third kappa shape index (κ3) is 7.08. The summed E-state index contributed by atoms with van der Waals surface area (Å²) in [5.41, 5.74) is 1.41. The summed E-state index contributed by atoms with van der Waals surface area (Å²) in [4.78, 5) is 14.1. The molecule has 2 aromatic carbocycles. The van der Waals surface area contributed by atoms with E-state index in [2.05, 4.69) is 0 Å². The fourth-order valence-corrected chi connectivity index (χ4v) is 2.61. The molecular weight excluding hydrogens is 314 g/mol. The second kappa shape index (κ2) is 8.79. The van der Waals surface area contributed by atoms with E-state index >= 15 is 0 Å². The van der Waals surface area contributed by atoms with Crippen LogP contribution in [0.2, 0.25) is 0 Å². The van der Waals surface area contributed by atoms with Crippen LogP contribution in [-0.4, -0.2) is 34.7 Å². The summed E-state index contributed by atoms with van der Waals surface area (Å²) in [5, 5.41) is 10.5. The first-order valence-electron chi connectivity index (χ1n) is 8.54. The smallest absolute Gasteiger partial charge is 0.320 e. The molecule has 1 N–H and O–H groups in total. The molecule has 0 bridgehead atoms. The molecule has 0 spiro atoms. The predicted molar refractivity (Wildman–Crippen MR) is 99.0 cm³/mol. The van der Waals surface area contributed by atoms with Crippen molar-refractivity contribution in [3.8, 4) is 0 Å². The van der Waals surface area contributed by atoms with Crippen LogP contribution in [0.25, 0.3) is 0 Å². The number of nitrogens with zero attached hydrogens (tertiary/aromatic N) is 1. The van der Waals surface area contributed by atoms with Crippen molar-refractivity contribution in [1.82, 2.24) is 4.90 Å². The minimum atomic E-state index is -0.660. The number of hydrogen-bond donors (Lipinski definition) is 1. The Morgan fingerprint density at radius 3 is 2.16 bits per heavy atom. The molecule has 1 unspecified atom stereocenters. The van der Waals surface area contributed by atoms with Crippen LogP contribution in [-0.2, 0) is 16.1 Å². The molecule has 2 rings (SSSR count). The molecule has 1 atom stereocenters. The minimum absolute atomic E-state index is 0.135. The molecule has 2 aromatic rings. The van der Waals surface area contributed by atoms with Crippen molar-refractivity contribution in [2.75, 3.05) is 13.1 Å². The minimum Gasteiger partial charge on any atom is -0.459 e. The molecule has 0 saturated carbocycles. The molecule has 4 nitrogen and oxygen atoms in total. The number of esters is 1. The average molecular weight is 341 g/mol. The fourth-order valence-electron chi connectivity index (χ4n) is 2.61. The zero-order valence-corrected chi connectivity index (χ0v) is 15.2. The maximum atomic E-state index is 12.2. The molecule has 0 aromatic heterocycles. The van der Waals surface area contributed by atoms with Crippen molar-refractivity contribution in [2.24, 2.45) is 0 Å². The van der Waals surface area contributed by atoms with Crippen LogP contribution in [0, 0.1) is 0 Å². The van der Waals surface area contributed by atoms with Crippen molar-refractivity contribution >= 4 is 5.97 Å². The molecule has 0 radical (unpaired) electrons. The van der Waals surface area contributed by atoms with E-state index in [4.69, 9.17) is 4.74 Å². The molecule has 0 fully saturated rings. The van der Waals surface area contributed by atoms with Crippen LogP contribution in [0.3, 0.4) is 0 Å². The average Bonchev–Trinajstić information content (AvgIpc) is 2.54. The number of hydrogen-bond acceptors (Lipinski definition) is 4. The van der Waals surface area contributed by atoms with Gasteiger partial charge in [-0.1, -0.05) is 60.7 Å². The van der Waals surface area contributed by atoms with Gasteiger partial charge in [0.15, 0.2) is 0 Å². The lowest BCUT2D eigenvalue weighted by molar-refractivity contribution is -0.156.